The first-order valence-corrected chi connectivity index (χ1v) is 8.26. The molecule has 0 saturated carbocycles. The Kier molecular flexibility index (Phi) is 12.9. The normalized spacial score (nSPS) is 11.7. The van der Waals surface area contributed by atoms with Gasteiger partial charge in [0.05, 0.1) is 6.61 Å². The van der Waals surface area contributed by atoms with E-state index in [1.807, 2.05) is 0 Å². The van der Waals surface area contributed by atoms with Gasteiger partial charge in [-0.1, -0.05) is 58.4 Å². The van der Waals surface area contributed by atoms with Gasteiger partial charge in [0, 0.05) is 0 Å². The Labute approximate surface area is 157 Å². The van der Waals surface area contributed by atoms with Gasteiger partial charge < -0.3 is 9.15 Å². The Morgan fingerprint density at radius 1 is 1.14 bits per heavy atom. The predicted molar refractivity (Wildman–Crippen MR) is 85.2 cm³/mol. The van der Waals surface area contributed by atoms with Gasteiger partial charge in [-0.05, 0) is 24.5 Å². The summed E-state index contributed by atoms with van der Waals surface area (Å²) in [4.78, 5) is 11.9. The third-order valence-corrected chi connectivity index (χ3v) is 3.74. The second kappa shape index (κ2) is 13.1. The van der Waals surface area contributed by atoms with E-state index in [4.69, 9.17) is 9.15 Å². The molecule has 0 aliphatic carbocycles. The van der Waals surface area contributed by atoms with E-state index < -0.39 is 0 Å². The molecule has 1 aromatic heterocycles. The van der Waals surface area contributed by atoms with E-state index in [9.17, 15) is 4.79 Å². The number of carbonyl (C=O) groups excluding carboxylic acids is 1. The molecule has 4 heteroatoms. The summed E-state index contributed by atoms with van der Waals surface area (Å²) in [5.41, 5.74) is 0. The van der Waals surface area contributed by atoms with Crippen LogP contribution in [0.2, 0.25) is 0 Å². The Morgan fingerprint density at radius 3 is 2.41 bits per heavy atom. The number of furan rings is 1. The third-order valence-electron chi connectivity index (χ3n) is 3.74. The minimum absolute atomic E-state index is 0. The molecular weight excluding hydrogens is 287 g/mol. The SMILES string of the molecule is [CH2-]c1ccc(C(=O)OCC(CCCC)CCCCCC)o1.[Na+]. The number of carbonyl (C=O) groups is 1. The molecule has 1 aromatic rings. The summed E-state index contributed by atoms with van der Waals surface area (Å²) in [6, 6.07) is 3.29. The van der Waals surface area contributed by atoms with Gasteiger partial charge in [0.15, 0.2) is 5.76 Å². The molecule has 0 bridgehead atoms. The van der Waals surface area contributed by atoms with Crippen LogP contribution in [0.25, 0.3) is 0 Å². The second-order valence-corrected chi connectivity index (χ2v) is 5.72. The fourth-order valence-corrected chi connectivity index (χ4v) is 2.42. The average Bonchev–Trinajstić information content (AvgIpc) is 2.92. The van der Waals surface area contributed by atoms with Crippen LogP contribution in [0.3, 0.4) is 0 Å². The van der Waals surface area contributed by atoms with Crippen LogP contribution in [-0.2, 0) is 4.74 Å². The molecule has 22 heavy (non-hydrogen) atoms. The van der Waals surface area contributed by atoms with E-state index in [1.165, 1.54) is 38.5 Å². The van der Waals surface area contributed by atoms with E-state index in [1.54, 1.807) is 12.1 Å². The minimum Gasteiger partial charge on any atom is -0.489 e. The number of hydrogen-bond donors (Lipinski definition) is 0. The van der Waals surface area contributed by atoms with Crippen LogP contribution < -0.4 is 29.6 Å². The van der Waals surface area contributed by atoms with E-state index >= 15 is 0 Å². The molecule has 0 aromatic carbocycles. The van der Waals surface area contributed by atoms with Gasteiger partial charge in [-0.15, -0.1) is 0 Å². The summed E-state index contributed by atoms with van der Waals surface area (Å²) in [5.74, 6) is 0.837. The predicted octanol–water partition coefficient (Wildman–Crippen LogP) is 2.40. The topological polar surface area (TPSA) is 39.4 Å². The summed E-state index contributed by atoms with van der Waals surface area (Å²) in [6.07, 6.45) is 9.70. The van der Waals surface area contributed by atoms with Gasteiger partial charge >= 0.3 is 35.5 Å². The molecule has 0 radical (unpaired) electrons. The van der Waals surface area contributed by atoms with E-state index in [0.29, 0.717) is 18.3 Å². The summed E-state index contributed by atoms with van der Waals surface area (Å²) in [5, 5.41) is 0. The largest absolute Gasteiger partial charge is 1.00 e. The third kappa shape index (κ3) is 8.92. The molecule has 0 spiro atoms. The summed E-state index contributed by atoms with van der Waals surface area (Å²) in [6.45, 7) is 8.55. The maximum atomic E-state index is 11.9. The van der Waals surface area contributed by atoms with Crippen molar-refractivity contribution in [2.45, 2.75) is 65.2 Å². The zero-order chi connectivity index (χ0) is 15.5. The van der Waals surface area contributed by atoms with Gasteiger partial charge in [0.25, 0.3) is 0 Å². The molecule has 0 saturated heterocycles. The maximum absolute atomic E-state index is 11.9. The molecule has 1 rings (SSSR count). The van der Waals surface area contributed by atoms with Gasteiger partial charge in [-0.3, -0.25) is 0 Å². The number of unbranched alkanes of at least 4 members (excludes halogenated alkanes) is 4. The monoisotopic (exact) mass is 316 g/mol. The number of hydrogen-bond acceptors (Lipinski definition) is 3. The van der Waals surface area contributed by atoms with Crippen molar-refractivity contribution in [1.82, 2.24) is 0 Å². The fraction of sp³-hybridized carbons (Fsp3) is 0.667. The van der Waals surface area contributed by atoms with Crippen LogP contribution >= 0.6 is 0 Å². The zero-order valence-corrected chi connectivity index (χ0v) is 16.5. The number of ether oxygens (including phenoxy) is 1. The van der Waals surface area contributed by atoms with Crippen LogP contribution in [0.4, 0.5) is 0 Å². The Hall–Kier alpha value is -0.380. The standard InChI is InChI=1S/C18H29O3.Na/c1-4-6-8-9-11-16(10-7-5-2)14-20-18(19)17-13-12-15(3)21-17;/h12-13,16H,3-11,14H2,1-2H3;/q-1;+1. The molecule has 3 nitrogen and oxygen atoms in total. The van der Waals surface area contributed by atoms with E-state index in [-0.39, 0.29) is 41.3 Å². The first-order chi connectivity index (χ1) is 10.2. The smallest absolute Gasteiger partial charge is 0.489 e. The van der Waals surface area contributed by atoms with Crippen molar-refractivity contribution in [2.75, 3.05) is 6.61 Å². The van der Waals surface area contributed by atoms with Crippen molar-refractivity contribution in [3.63, 3.8) is 0 Å². The molecular formula is C18H29NaO3. The van der Waals surface area contributed by atoms with Crippen molar-refractivity contribution < 1.29 is 43.5 Å². The van der Waals surface area contributed by atoms with Gasteiger partial charge in [-0.2, -0.15) is 6.07 Å². The van der Waals surface area contributed by atoms with E-state index in [2.05, 4.69) is 20.8 Å². The molecule has 0 fully saturated rings. The van der Waals surface area contributed by atoms with E-state index in [0.717, 1.165) is 12.8 Å². The van der Waals surface area contributed by atoms with Gasteiger partial charge in [-0.25, -0.2) is 11.7 Å². The van der Waals surface area contributed by atoms with Crippen molar-refractivity contribution in [3.8, 4) is 0 Å². The summed E-state index contributed by atoms with van der Waals surface area (Å²) >= 11 is 0. The van der Waals surface area contributed by atoms with Crippen molar-refractivity contribution >= 4 is 5.97 Å². The average molecular weight is 316 g/mol. The minimum atomic E-state index is -0.375. The summed E-state index contributed by atoms with van der Waals surface area (Å²) in [7, 11) is 0. The molecule has 1 unspecified atom stereocenters. The number of rotatable bonds is 11. The quantitative estimate of drug-likeness (QED) is 0.272. The Morgan fingerprint density at radius 2 is 1.82 bits per heavy atom. The molecule has 0 aliphatic heterocycles. The van der Waals surface area contributed by atoms with Gasteiger partial charge in [0.1, 0.15) is 0 Å². The van der Waals surface area contributed by atoms with Crippen LogP contribution in [0.15, 0.2) is 16.5 Å². The van der Waals surface area contributed by atoms with Crippen molar-refractivity contribution in [2.24, 2.45) is 5.92 Å². The zero-order valence-electron chi connectivity index (χ0n) is 14.5. The van der Waals surface area contributed by atoms with Crippen molar-refractivity contribution in [1.29, 1.82) is 0 Å². The molecule has 120 valence electrons. The fourth-order valence-electron chi connectivity index (χ4n) is 2.42. The molecule has 0 aliphatic rings. The summed E-state index contributed by atoms with van der Waals surface area (Å²) < 4.78 is 10.6. The molecule has 0 N–H and O–H groups in total. The first kappa shape index (κ1) is 21.6. The first-order valence-electron chi connectivity index (χ1n) is 8.26. The molecule has 0 amide bonds. The van der Waals surface area contributed by atoms with Crippen LogP contribution in [0.5, 0.6) is 0 Å². The maximum Gasteiger partial charge on any atom is 1.00 e. The van der Waals surface area contributed by atoms with Crippen LogP contribution in [0.1, 0.15) is 81.5 Å². The second-order valence-electron chi connectivity index (χ2n) is 5.72. The molecule has 1 atom stereocenters. The van der Waals surface area contributed by atoms with Crippen LogP contribution in [0, 0.1) is 12.8 Å². The Balaban J connectivity index is 0.00000441. The van der Waals surface area contributed by atoms with Gasteiger partial charge in [0.2, 0.25) is 0 Å². The van der Waals surface area contributed by atoms with Crippen molar-refractivity contribution in [3.05, 3.63) is 30.6 Å². The molecule has 1 heterocycles. The van der Waals surface area contributed by atoms with Crippen LogP contribution in [-0.4, -0.2) is 12.6 Å². The Bertz CT molecular complexity index is 401. The number of esters is 1.